The second kappa shape index (κ2) is 6.52. The molecule has 0 saturated heterocycles. The van der Waals surface area contributed by atoms with E-state index < -0.39 is 16.2 Å². The minimum absolute atomic E-state index is 0. The smallest absolute Gasteiger partial charge is 0.147 e. The Bertz CT molecular complexity index is 750. The van der Waals surface area contributed by atoms with Crippen LogP contribution < -0.4 is 5.63 Å². The minimum atomic E-state index is -5.09. The first-order valence-corrected chi connectivity index (χ1v) is 21.7. The first-order chi connectivity index (χ1) is 10.3. The van der Waals surface area contributed by atoms with Crippen molar-refractivity contribution in [2.45, 2.75) is 32.4 Å². The van der Waals surface area contributed by atoms with E-state index in [1.54, 1.807) is 0 Å². The Labute approximate surface area is 160 Å². The summed E-state index contributed by atoms with van der Waals surface area (Å²) in [6.07, 6.45) is 0. The molecule has 2 aromatic carbocycles. The number of benzene rings is 2. The normalized spacial score (nSPS) is 15.2. The van der Waals surface area contributed by atoms with Crippen molar-refractivity contribution >= 4 is 28.5 Å². The van der Waals surface area contributed by atoms with Crippen LogP contribution in [-0.2, 0) is 16.2 Å². The third-order valence-corrected chi connectivity index (χ3v) is 15.6. The van der Waals surface area contributed by atoms with Crippen molar-refractivity contribution in [3.63, 3.8) is 0 Å². The zero-order valence-electron chi connectivity index (χ0n) is 16.1. The van der Waals surface area contributed by atoms with Gasteiger partial charge in [-0.1, -0.05) is 0 Å². The summed E-state index contributed by atoms with van der Waals surface area (Å²) < 4.78 is 24.7. The van der Waals surface area contributed by atoms with Crippen LogP contribution in [0.5, 0.6) is 11.5 Å². The topological polar surface area (TPSA) is 18.5 Å². The fraction of sp³-hybridized carbons (Fsp3) is 0.350. The fourth-order valence-corrected chi connectivity index (χ4v) is 18.6. The van der Waals surface area contributed by atoms with Crippen LogP contribution in [0.15, 0.2) is 60.7 Å². The average molecular weight is 467 g/mol. The van der Waals surface area contributed by atoms with Gasteiger partial charge in [-0.2, -0.15) is 0 Å². The van der Waals surface area contributed by atoms with E-state index >= 15 is 0 Å². The summed E-state index contributed by atoms with van der Waals surface area (Å²) in [5.74, 6) is 2.03. The van der Waals surface area contributed by atoms with Crippen LogP contribution in [0.3, 0.4) is 0 Å². The van der Waals surface area contributed by atoms with Crippen molar-refractivity contribution in [3.8, 4) is 11.5 Å². The molecule has 25 heavy (non-hydrogen) atoms. The molecule has 0 heterocycles. The van der Waals surface area contributed by atoms with Gasteiger partial charge in [0.2, 0.25) is 0 Å². The van der Waals surface area contributed by atoms with Crippen molar-refractivity contribution in [2.24, 2.45) is 5.92 Å². The van der Waals surface area contributed by atoms with Crippen molar-refractivity contribution in [2.75, 3.05) is 0 Å². The van der Waals surface area contributed by atoms with E-state index in [1.165, 1.54) is 0 Å². The first kappa shape index (κ1) is 24.4. The van der Waals surface area contributed by atoms with Crippen LogP contribution in [-0.4, -0.2) is 3.71 Å². The van der Waals surface area contributed by atoms with Gasteiger partial charge in [-0.15, -0.1) is 24.8 Å². The summed E-state index contributed by atoms with van der Waals surface area (Å²) in [6, 6.07) is 19.9. The Hall–Kier alpha value is -0.627. The molecule has 2 nitrogen and oxygen atoms in total. The van der Waals surface area contributed by atoms with Crippen molar-refractivity contribution in [1.82, 2.24) is 0 Å². The summed E-state index contributed by atoms with van der Waals surface area (Å²) in [5.41, 5.74) is 0. The maximum atomic E-state index is 6.79. The quantitative estimate of drug-likeness (QED) is 0.463. The van der Waals surface area contributed by atoms with Crippen molar-refractivity contribution < 1.29 is 21.8 Å². The molecule has 0 fully saturated rings. The summed E-state index contributed by atoms with van der Waals surface area (Å²) in [7, 11) is 0. The summed E-state index contributed by atoms with van der Waals surface area (Å²) >= 11 is -5.09. The molecule has 0 aliphatic rings. The predicted molar refractivity (Wildman–Crippen MR) is 113 cm³/mol. The third kappa shape index (κ3) is 6.89. The van der Waals surface area contributed by atoms with Gasteiger partial charge >= 0.3 is 136 Å². The van der Waals surface area contributed by atoms with E-state index in [1.807, 2.05) is 60.7 Å². The van der Waals surface area contributed by atoms with Gasteiger partial charge in [0.15, 0.2) is 0 Å². The number of hydrogen-bond acceptors (Lipinski definition) is 2. The molecule has 2 aromatic rings. The Balaban J connectivity index is 0.00000288. The SMILES string of the molecule is CC(C)[CH]=[Zr]([CH3])([CH3])([CH3])([CH3])([O]c1ccccc1)[O]c1ccccc1.Cl.Cl. The van der Waals surface area contributed by atoms with Gasteiger partial charge in [-0.25, -0.2) is 0 Å². The van der Waals surface area contributed by atoms with Gasteiger partial charge in [0.05, 0.1) is 0 Å². The molecule has 0 atom stereocenters. The number of halogens is 2. The molecule has 0 aromatic heterocycles. The molecule has 0 bridgehead atoms. The van der Waals surface area contributed by atoms with Gasteiger partial charge in [-0.05, 0) is 0 Å². The van der Waals surface area contributed by atoms with Crippen LogP contribution >= 0.6 is 24.8 Å². The molecule has 142 valence electrons. The molecule has 0 aliphatic heterocycles. The zero-order chi connectivity index (χ0) is 17.3. The average Bonchev–Trinajstić information content (AvgIpc) is 2.37. The monoisotopic (exact) mass is 464 g/mol. The Morgan fingerprint density at radius 1 is 0.680 bits per heavy atom. The summed E-state index contributed by atoms with van der Waals surface area (Å²) in [5, 5.41) is 0. The van der Waals surface area contributed by atoms with E-state index in [-0.39, 0.29) is 24.8 Å². The second-order valence-corrected chi connectivity index (χ2v) is 42.2. The third-order valence-electron chi connectivity index (χ3n) is 3.88. The van der Waals surface area contributed by atoms with Crippen molar-refractivity contribution in [3.05, 3.63) is 60.7 Å². The maximum absolute atomic E-state index is 6.79. The van der Waals surface area contributed by atoms with Gasteiger partial charge in [0.25, 0.3) is 0 Å². The molecule has 2 rings (SSSR count). The van der Waals surface area contributed by atoms with Crippen LogP contribution in [0.25, 0.3) is 0 Å². The summed E-state index contributed by atoms with van der Waals surface area (Å²) in [4.78, 5) is 0. The molecule has 0 spiro atoms. The standard InChI is InChI=1S/2C6H6O.C4H8.4CH3.2ClH.Zr/c2*7-6-4-2-1-3-5-6;1-4(2)3;;;;;;;/h2*1-5,7H;1,4H,2-3H3;4*1H3;2*1H;/q;;;;;;;;;+2/p-2. The van der Waals surface area contributed by atoms with Crippen LogP contribution in [0, 0.1) is 5.92 Å². The summed E-state index contributed by atoms with van der Waals surface area (Å²) in [6.45, 7) is 4.35. The molecule has 0 amide bonds. The molecule has 0 saturated carbocycles. The van der Waals surface area contributed by atoms with E-state index in [4.69, 9.17) is 5.63 Å². The molecule has 0 radical (unpaired) electrons. The molecule has 0 N–H and O–H groups in total. The molecular formula is C20H32Cl2O2Zr. The van der Waals surface area contributed by atoms with Crippen LogP contribution in [0.2, 0.25) is 18.5 Å². The fourth-order valence-electron chi connectivity index (χ4n) is 3.85. The van der Waals surface area contributed by atoms with Gasteiger partial charge < -0.3 is 0 Å². The van der Waals surface area contributed by atoms with Crippen LogP contribution in [0.1, 0.15) is 13.8 Å². The maximum Gasteiger partial charge on any atom is -0.147 e. The second-order valence-electron chi connectivity index (χ2n) is 10.3. The number of hydrogen-bond donors (Lipinski definition) is 0. The Kier molecular flexibility index (Phi) is 6.35. The van der Waals surface area contributed by atoms with Gasteiger partial charge in [0, 0.05) is 0 Å². The van der Waals surface area contributed by atoms with Gasteiger partial charge in [0.1, 0.15) is 0 Å². The van der Waals surface area contributed by atoms with Gasteiger partial charge in [-0.3, -0.25) is 0 Å². The molecule has 5 heteroatoms. The minimum Gasteiger partial charge on any atom is -0.147 e. The van der Waals surface area contributed by atoms with E-state index in [9.17, 15) is 0 Å². The van der Waals surface area contributed by atoms with E-state index in [0.29, 0.717) is 5.92 Å². The van der Waals surface area contributed by atoms with Crippen molar-refractivity contribution in [1.29, 1.82) is 0 Å². The number of rotatable bonds is 5. The van der Waals surface area contributed by atoms with E-state index in [0.717, 1.165) is 11.5 Å². The number of para-hydroxylation sites is 2. The largest absolute Gasteiger partial charge is 0.147 e. The molecule has 0 aliphatic carbocycles. The van der Waals surface area contributed by atoms with Crippen LogP contribution in [0.4, 0.5) is 0 Å². The van der Waals surface area contributed by atoms with E-state index in [2.05, 4.69) is 36.1 Å². The molecular weight excluding hydrogens is 434 g/mol. The zero-order valence-corrected chi connectivity index (χ0v) is 20.2. The first-order valence-electron chi connectivity index (χ1n) is 8.41. The predicted octanol–water partition coefficient (Wildman–Crippen LogP) is 7.23. The molecule has 0 unspecified atom stereocenters. The Morgan fingerprint density at radius 2 is 1.00 bits per heavy atom. The Morgan fingerprint density at radius 3 is 1.28 bits per heavy atom.